The zero-order valence-electron chi connectivity index (χ0n) is 22.3. The Morgan fingerprint density at radius 1 is 0.921 bits per heavy atom. The second-order valence-electron chi connectivity index (χ2n) is 12.1. The van der Waals surface area contributed by atoms with Crippen molar-refractivity contribution in [3.63, 3.8) is 0 Å². The van der Waals surface area contributed by atoms with Crippen molar-refractivity contribution in [1.29, 1.82) is 5.41 Å². The summed E-state index contributed by atoms with van der Waals surface area (Å²) in [6, 6.07) is -0.433. The molecule has 2 heterocycles. The van der Waals surface area contributed by atoms with Gasteiger partial charge in [-0.2, -0.15) is 18.2 Å². The average Bonchev–Trinajstić information content (AvgIpc) is 2.87. The van der Waals surface area contributed by atoms with Crippen LogP contribution in [0.3, 0.4) is 0 Å². The number of nitrogens with zero attached hydrogens (tertiary/aromatic N) is 2. The van der Waals surface area contributed by atoms with Gasteiger partial charge < -0.3 is 16.4 Å². The minimum atomic E-state index is -4.14. The zero-order valence-corrected chi connectivity index (χ0v) is 22.3. The van der Waals surface area contributed by atoms with Crippen LogP contribution in [-0.2, 0) is 14.4 Å². The number of hydroxylamine groups is 2. The van der Waals surface area contributed by atoms with E-state index in [-0.39, 0.29) is 54.3 Å². The summed E-state index contributed by atoms with van der Waals surface area (Å²) in [5, 5.41) is 9.67. The van der Waals surface area contributed by atoms with E-state index in [1.54, 1.807) is 5.06 Å². The summed E-state index contributed by atoms with van der Waals surface area (Å²) in [4.78, 5) is 33.2. The van der Waals surface area contributed by atoms with E-state index in [9.17, 15) is 22.8 Å². The zero-order chi connectivity index (χ0) is 27.4. The number of halogens is 3. The van der Waals surface area contributed by atoms with Crippen molar-refractivity contribution in [3.8, 4) is 0 Å². The number of amides is 2. The van der Waals surface area contributed by atoms with E-state index in [0.29, 0.717) is 57.7 Å². The molecule has 0 radical (unpaired) electrons. The summed E-state index contributed by atoms with van der Waals surface area (Å²) in [5.41, 5.74) is 11.0. The van der Waals surface area contributed by atoms with Gasteiger partial charge in [0.1, 0.15) is 6.04 Å². The SMILES string of the molecule is N=C(N)C1CCC2CC(C(=O)N3CCC(CCCC(N)=O)CC3)N(CC3CCC(C(F)(F)F)CC3)OC2C1. The molecule has 2 aliphatic carbocycles. The molecule has 0 aromatic carbocycles. The molecular formula is C27H44F3N5O3. The van der Waals surface area contributed by atoms with Crippen molar-refractivity contribution in [3.05, 3.63) is 0 Å². The molecule has 8 nitrogen and oxygen atoms in total. The highest BCUT2D eigenvalue weighted by atomic mass is 19.4. The molecule has 0 spiro atoms. The molecule has 4 unspecified atom stereocenters. The molecule has 5 N–H and O–H groups in total. The summed E-state index contributed by atoms with van der Waals surface area (Å²) in [6.45, 7) is 1.79. The monoisotopic (exact) mass is 543 g/mol. The minimum Gasteiger partial charge on any atom is -0.387 e. The number of carbonyl (C=O) groups is 2. The number of carbonyl (C=O) groups excluding carboxylic acids is 2. The molecule has 2 aliphatic heterocycles. The van der Waals surface area contributed by atoms with Gasteiger partial charge >= 0.3 is 6.18 Å². The van der Waals surface area contributed by atoms with E-state index >= 15 is 0 Å². The lowest BCUT2D eigenvalue weighted by Gasteiger charge is -2.48. The fourth-order valence-corrected chi connectivity index (χ4v) is 7.06. The van der Waals surface area contributed by atoms with Crippen LogP contribution in [0.25, 0.3) is 0 Å². The maximum atomic E-state index is 13.8. The highest BCUT2D eigenvalue weighted by Crippen LogP contribution is 2.43. The van der Waals surface area contributed by atoms with E-state index in [2.05, 4.69) is 0 Å². The lowest BCUT2D eigenvalue weighted by Crippen LogP contribution is -2.58. The summed E-state index contributed by atoms with van der Waals surface area (Å²) < 4.78 is 39.6. The maximum Gasteiger partial charge on any atom is 0.391 e. The molecule has 4 atom stereocenters. The molecular weight excluding hydrogens is 499 g/mol. The molecule has 4 rings (SSSR count). The molecule has 2 saturated carbocycles. The number of primary amides is 1. The second-order valence-corrected chi connectivity index (χ2v) is 12.1. The number of nitrogens with one attached hydrogen (secondary N) is 1. The average molecular weight is 544 g/mol. The maximum absolute atomic E-state index is 13.8. The van der Waals surface area contributed by atoms with E-state index in [0.717, 1.165) is 38.5 Å². The normalized spacial score (nSPS) is 33.5. The molecule has 2 saturated heterocycles. The number of piperidine rings is 1. The van der Waals surface area contributed by atoms with Crippen molar-refractivity contribution in [2.24, 2.45) is 41.1 Å². The smallest absolute Gasteiger partial charge is 0.387 e. The molecule has 0 aromatic heterocycles. The van der Waals surface area contributed by atoms with E-state index in [4.69, 9.17) is 21.7 Å². The molecule has 38 heavy (non-hydrogen) atoms. The van der Waals surface area contributed by atoms with Crippen LogP contribution in [0.5, 0.6) is 0 Å². The van der Waals surface area contributed by atoms with E-state index in [1.165, 1.54) is 0 Å². The van der Waals surface area contributed by atoms with Gasteiger partial charge in [0, 0.05) is 32.0 Å². The highest BCUT2D eigenvalue weighted by Gasteiger charge is 2.47. The van der Waals surface area contributed by atoms with Gasteiger partial charge in [0.2, 0.25) is 11.8 Å². The number of alkyl halides is 3. The van der Waals surface area contributed by atoms with E-state index < -0.39 is 18.1 Å². The first kappa shape index (κ1) is 29.1. The van der Waals surface area contributed by atoms with Crippen molar-refractivity contribution in [2.75, 3.05) is 19.6 Å². The fourth-order valence-electron chi connectivity index (χ4n) is 7.06. The number of hydrogen-bond donors (Lipinski definition) is 3. The van der Waals surface area contributed by atoms with Gasteiger partial charge in [-0.15, -0.1) is 0 Å². The van der Waals surface area contributed by atoms with Crippen molar-refractivity contribution in [1.82, 2.24) is 9.96 Å². The third kappa shape index (κ3) is 7.40. The summed E-state index contributed by atoms with van der Waals surface area (Å²) in [7, 11) is 0. The van der Waals surface area contributed by atoms with Crippen LogP contribution >= 0.6 is 0 Å². The number of nitrogens with two attached hydrogens (primary N) is 2. The Labute approximate surface area is 223 Å². The molecule has 2 amide bonds. The van der Waals surface area contributed by atoms with Gasteiger partial charge in [-0.25, -0.2) is 0 Å². The Kier molecular flexibility index (Phi) is 9.60. The van der Waals surface area contributed by atoms with Crippen molar-refractivity contribution in [2.45, 2.75) is 102 Å². The van der Waals surface area contributed by atoms with Gasteiger partial charge in [0.15, 0.2) is 0 Å². The van der Waals surface area contributed by atoms with Crippen LogP contribution < -0.4 is 11.5 Å². The number of hydrogen-bond acceptors (Lipinski definition) is 5. The number of likely N-dealkylation sites (tertiary alicyclic amines) is 1. The Morgan fingerprint density at radius 2 is 1.61 bits per heavy atom. The first-order chi connectivity index (χ1) is 18.0. The largest absolute Gasteiger partial charge is 0.391 e. The van der Waals surface area contributed by atoms with Crippen LogP contribution in [0.15, 0.2) is 0 Å². The van der Waals surface area contributed by atoms with Gasteiger partial charge in [0.25, 0.3) is 0 Å². The topological polar surface area (TPSA) is 126 Å². The predicted molar refractivity (Wildman–Crippen MR) is 137 cm³/mol. The molecule has 4 aliphatic rings. The van der Waals surface area contributed by atoms with Crippen molar-refractivity contribution >= 4 is 17.6 Å². The van der Waals surface area contributed by atoms with Gasteiger partial charge in [-0.3, -0.25) is 19.8 Å². The predicted octanol–water partition coefficient (Wildman–Crippen LogP) is 3.98. The fraction of sp³-hybridized carbons (Fsp3) is 0.889. The van der Waals surface area contributed by atoms with Gasteiger partial charge in [-0.1, -0.05) is 0 Å². The second kappa shape index (κ2) is 12.5. The van der Waals surface area contributed by atoms with E-state index in [1.807, 2.05) is 4.90 Å². The minimum absolute atomic E-state index is 0.0267. The lowest BCUT2D eigenvalue weighted by atomic mass is 9.75. The summed E-state index contributed by atoms with van der Waals surface area (Å²) in [5.74, 6) is -0.572. The third-order valence-corrected chi connectivity index (χ3v) is 9.51. The Hall–Kier alpha value is -1.88. The molecule has 11 heteroatoms. The quantitative estimate of drug-likeness (QED) is 0.315. The Morgan fingerprint density at radius 3 is 2.21 bits per heavy atom. The standard InChI is InChI=1S/C27H44F3N5O3/c28-27(29,30)21-8-4-18(5-9-21)16-35-22(14-19-6-7-20(25(32)33)15-23(19)38-35)26(37)34-12-10-17(11-13-34)2-1-3-24(31)36/h17-23H,1-16H2,(H2,31,36)(H3,32,33). The van der Waals surface area contributed by atoms with Crippen molar-refractivity contribution < 1.29 is 27.6 Å². The number of rotatable bonds is 8. The molecule has 0 aromatic rings. The first-order valence-corrected chi connectivity index (χ1v) is 14.4. The van der Waals surface area contributed by atoms with Gasteiger partial charge in [0.05, 0.1) is 17.9 Å². The summed E-state index contributed by atoms with van der Waals surface area (Å²) in [6.07, 6.45) is 3.83. The van der Waals surface area contributed by atoms with Crippen LogP contribution in [0, 0.1) is 35.0 Å². The summed E-state index contributed by atoms with van der Waals surface area (Å²) >= 11 is 0. The number of fused-ring (bicyclic) bond motifs is 1. The Bertz CT molecular complexity index is 840. The highest BCUT2D eigenvalue weighted by molar-refractivity contribution is 5.82. The van der Waals surface area contributed by atoms with Crippen LogP contribution in [0.4, 0.5) is 13.2 Å². The third-order valence-electron chi connectivity index (χ3n) is 9.51. The van der Waals surface area contributed by atoms with Crippen LogP contribution in [0.2, 0.25) is 0 Å². The van der Waals surface area contributed by atoms with Gasteiger partial charge in [-0.05, 0) is 94.8 Å². The molecule has 0 bridgehead atoms. The van der Waals surface area contributed by atoms with Crippen LogP contribution in [0.1, 0.15) is 83.5 Å². The first-order valence-electron chi connectivity index (χ1n) is 14.4. The molecule has 4 fully saturated rings. The Balaban J connectivity index is 1.38. The lowest BCUT2D eigenvalue weighted by molar-refractivity contribution is -0.277. The number of amidine groups is 1. The van der Waals surface area contributed by atoms with Crippen LogP contribution in [-0.4, -0.2) is 65.6 Å². The molecule has 216 valence electrons.